The van der Waals surface area contributed by atoms with Crippen LogP contribution >= 0.6 is 0 Å². The van der Waals surface area contributed by atoms with E-state index < -0.39 is 0 Å². The highest BCUT2D eigenvalue weighted by atomic mass is 16.6. The summed E-state index contributed by atoms with van der Waals surface area (Å²) >= 11 is 0. The first kappa shape index (κ1) is 14.2. The molecule has 0 unspecified atom stereocenters. The lowest BCUT2D eigenvalue weighted by Crippen LogP contribution is -2.28. The van der Waals surface area contributed by atoms with E-state index in [1.54, 1.807) is 13.8 Å². The topological polar surface area (TPSA) is 107 Å². The number of aryl methyl sites for hydroxylation is 1. The van der Waals surface area contributed by atoms with Crippen molar-refractivity contribution in [2.24, 2.45) is 0 Å². The van der Waals surface area contributed by atoms with Gasteiger partial charge in [0.1, 0.15) is 17.4 Å². The summed E-state index contributed by atoms with van der Waals surface area (Å²) in [4.78, 5) is 16.1. The largest absolute Gasteiger partial charge is 0.344 e. The van der Waals surface area contributed by atoms with E-state index >= 15 is 0 Å². The zero-order valence-electron chi connectivity index (χ0n) is 11.9. The van der Waals surface area contributed by atoms with Crippen molar-refractivity contribution in [3.05, 3.63) is 23.1 Å². The molecule has 0 aliphatic heterocycles. The lowest BCUT2D eigenvalue weighted by molar-refractivity contribution is -0.121. The second-order valence-electron chi connectivity index (χ2n) is 4.91. The van der Waals surface area contributed by atoms with Crippen molar-refractivity contribution in [1.29, 1.82) is 0 Å². The van der Waals surface area contributed by atoms with Gasteiger partial charge in [0.25, 0.3) is 0 Å². The first-order chi connectivity index (χ1) is 9.47. The Morgan fingerprint density at radius 2 is 2.00 bits per heavy atom. The van der Waals surface area contributed by atoms with Gasteiger partial charge in [-0.15, -0.1) is 0 Å². The molecule has 1 N–H and O–H groups in total. The van der Waals surface area contributed by atoms with E-state index in [0.717, 1.165) is 0 Å². The second-order valence-corrected chi connectivity index (χ2v) is 4.91. The number of hydrogen-bond acceptors (Lipinski definition) is 7. The van der Waals surface area contributed by atoms with E-state index in [4.69, 9.17) is 4.52 Å². The van der Waals surface area contributed by atoms with Gasteiger partial charge in [-0.2, -0.15) is 4.98 Å². The number of nitrogens with zero attached hydrogens (tertiary/aromatic N) is 4. The molecule has 8 heteroatoms. The Hall–Kier alpha value is -2.25. The van der Waals surface area contributed by atoms with Crippen LogP contribution in [0, 0.1) is 6.92 Å². The number of carbonyl (C=O) groups is 1. The van der Waals surface area contributed by atoms with Gasteiger partial charge in [-0.05, 0) is 13.8 Å². The molecule has 0 aliphatic rings. The van der Waals surface area contributed by atoms with Gasteiger partial charge in [-0.25, -0.2) is 4.63 Å². The Kier molecular flexibility index (Phi) is 4.11. The van der Waals surface area contributed by atoms with E-state index in [0.29, 0.717) is 23.1 Å². The van der Waals surface area contributed by atoms with Gasteiger partial charge < -0.3 is 9.84 Å². The molecule has 0 radical (unpaired) electrons. The number of aromatic nitrogens is 4. The zero-order chi connectivity index (χ0) is 14.7. The summed E-state index contributed by atoms with van der Waals surface area (Å²) in [6.07, 6.45) is 0.102. The summed E-state index contributed by atoms with van der Waals surface area (Å²) < 4.78 is 9.67. The van der Waals surface area contributed by atoms with Gasteiger partial charge in [-0.1, -0.05) is 29.3 Å². The van der Waals surface area contributed by atoms with Gasteiger partial charge in [0.15, 0.2) is 5.82 Å². The molecule has 108 valence electrons. The van der Waals surface area contributed by atoms with Crippen LogP contribution in [0.5, 0.6) is 0 Å². The summed E-state index contributed by atoms with van der Waals surface area (Å²) in [6, 6.07) is -0.359. The average molecular weight is 279 g/mol. The highest BCUT2D eigenvalue weighted by Crippen LogP contribution is 2.15. The Balaban J connectivity index is 1.95. The Labute approximate surface area is 115 Å². The van der Waals surface area contributed by atoms with Crippen LogP contribution in [0.1, 0.15) is 55.8 Å². The minimum Gasteiger partial charge on any atom is -0.344 e. The molecule has 0 spiro atoms. The molecule has 1 atom stereocenters. The number of carbonyl (C=O) groups excluding carboxylic acids is 1. The first-order valence-electron chi connectivity index (χ1n) is 6.38. The van der Waals surface area contributed by atoms with Crippen molar-refractivity contribution in [1.82, 2.24) is 25.8 Å². The monoisotopic (exact) mass is 279 g/mol. The van der Waals surface area contributed by atoms with E-state index in [9.17, 15) is 4.79 Å². The van der Waals surface area contributed by atoms with Crippen LogP contribution in [0.15, 0.2) is 9.15 Å². The van der Waals surface area contributed by atoms with Gasteiger partial charge in [0.05, 0.1) is 6.42 Å². The van der Waals surface area contributed by atoms with Crippen molar-refractivity contribution in [2.75, 3.05) is 0 Å². The molecule has 2 heterocycles. The van der Waals surface area contributed by atoms with Gasteiger partial charge in [-0.3, -0.25) is 4.79 Å². The molecule has 8 nitrogen and oxygen atoms in total. The van der Waals surface area contributed by atoms with Crippen LogP contribution in [0.25, 0.3) is 0 Å². The van der Waals surface area contributed by atoms with E-state index in [1.807, 2.05) is 13.8 Å². The molecule has 0 fully saturated rings. The third kappa shape index (κ3) is 3.19. The Bertz CT molecular complexity index is 589. The van der Waals surface area contributed by atoms with Crippen LogP contribution in [0.4, 0.5) is 0 Å². The molecule has 2 aromatic rings. The van der Waals surface area contributed by atoms with Crippen LogP contribution in [0.2, 0.25) is 0 Å². The highest BCUT2D eigenvalue weighted by molar-refractivity contribution is 5.78. The van der Waals surface area contributed by atoms with E-state index in [2.05, 4.69) is 30.4 Å². The van der Waals surface area contributed by atoms with Crippen LogP contribution in [-0.4, -0.2) is 26.4 Å². The second kappa shape index (κ2) is 5.81. The molecular formula is C12H17N5O3. The predicted octanol–water partition coefficient (Wildman–Crippen LogP) is 1.30. The summed E-state index contributed by atoms with van der Waals surface area (Å²) in [5.74, 6) is 0.981. The van der Waals surface area contributed by atoms with E-state index in [-0.39, 0.29) is 24.3 Å². The van der Waals surface area contributed by atoms with Crippen LogP contribution in [0.3, 0.4) is 0 Å². The smallest absolute Gasteiger partial charge is 0.248 e. The summed E-state index contributed by atoms with van der Waals surface area (Å²) in [6.45, 7) is 7.45. The minimum absolute atomic E-state index is 0.102. The zero-order valence-corrected chi connectivity index (χ0v) is 11.9. The average Bonchev–Trinajstić information content (AvgIpc) is 2.99. The number of rotatable bonds is 5. The van der Waals surface area contributed by atoms with Crippen molar-refractivity contribution >= 4 is 5.91 Å². The highest BCUT2D eigenvalue weighted by Gasteiger charge is 2.19. The number of nitrogens with one attached hydrogen (secondary N) is 1. The fourth-order valence-corrected chi connectivity index (χ4v) is 1.57. The normalized spacial score (nSPS) is 12.7. The predicted molar refractivity (Wildman–Crippen MR) is 67.7 cm³/mol. The van der Waals surface area contributed by atoms with Crippen molar-refractivity contribution < 1.29 is 13.9 Å². The minimum atomic E-state index is -0.359. The molecule has 0 aromatic carbocycles. The van der Waals surface area contributed by atoms with Gasteiger partial charge in [0, 0.05) is 5.92 Å². The lowest BCUT2D eigenvalue weighted by atomic mass is 10.2. The summed E-state index contributed by atoms with van der Waals surface area (Å²) in [5.41, 5.74) is 1.12. The number of amides is 1. The molecule has 0 saturated carbocycles. The Morgan fingerprint density at radius 1 is 1.25 bits per heavy atom. The Morgan fingerprint density at radius 3 is 2.55 bits per heavy atom. The quantitative estimate of drug-likeness (QED) is 0.878. The third-order valence-electron chi connectivity index (χ3n) is 2.80. The van der Waals surface area contributed by atoms with Crippen LogP contribution in [-0.2, 0) is 11.2 Å². The lowest BCUT2D eigenvalue weighted by Gasteiger charge is -2.08. The molecule has 2 rings (SSSR count). The maximum atomic E-state index is 11.9. The molecule has 0 bridgehead atoms. The van der Waals surface area contributed by atoms with Crippen molar-refractivity contribution in [2.45, 2.75) is 46.1 Å². The first-order valence-corrected chi connectivity index (χ1v) is 6.38. The molecule has 1 amide bonds. The summed E-state index contributed by atoms with van der Waals surface area (Å²) in [5, 5.41) is 13.9. The standard InChI is InChI=1S/C12H17N5O3/c1-6(2)11-14-12(19-17-11)8(4)13-10(18)5-9-7(3)15-20-16-9/h6,8H,5H2,1-4H3,(H,13,18)/t8-/m0/s1. The fraction of sp³-hybridized carbons (Fsp3) is 0.583. The van der Waals surface area contributed by atoms with Crippen LogP contribution < -0.4 is 5.32 Å². The molecule has 20 heavy (non-hydrogen) atoms. The van der Waals surface area contributed by atoms with Crippen molar-refractivity contribution in [3.63, 3.8) is 0 Å². The van der Waals surface area contributed by atoms with Gasteiger partial charge >= 0.3 is 0 Å². The SMILES string of the molecule is Cc1nonc1CC(=O)N[C@@H](C)c1nc(C(C)C)no1. The molecule has 0 saturated heterocycles. The molecule has 0 aliphatic carbocycles. The summed E-state index contributed by atoms with van der Waals surface area (Å²) in [7, 11) is 0. The van der Waals surface area contributed by atoms with E-state index in [1.165, 1.54) is 0 Å². The molecule has 2 aromatic heterocycles. The number of hydrogen-bond donors (Lipinski definition) is 1. The molecular weight excluding hydrogens is 262 g/mol. The van der Waals surface area contributed by atoms with Gasteiger partial charge in [0.2, 0.25) is 11.8 Å². The van der Waals surface area contributed by atoms with Crippen molar-refractivity contribution in [3.8, 4) is 0 Å². The fourth-order valence-electron chi connectivity index (χ4n) is 1.57. The maximum Gasteiger partial charge on any atom is 0.248 e. The maximum absolute atomic E-state index is 11.9. The third-order valence-corrected chi connectivity index (χ3v) is 2.80.